The van der Waals surface area contributed by atoms with Crippen LogP contribution in [0.2, 0.25) is 0 Å². The Bertz CT molecular complexity index is 1110. The lowest BCUT2D eigenvalue weighted by Crippen LogP contribution is -2.37. The van der Waals surface area contributed by atoms with Gasteiger partial charge in [-0.3, -0.25) is 4.57 Å². The maximum Gasteiger partial charge on any atom is 0.296 e. The Morgan fingerprint density at radius 3 is 2.56 bits per heavy atom. The van der Waals surface area contributed by atoms with Gasteiger partial charge in [0, 0.05) is 24.8 Å². The van der Waals surface area contributed by atoms with E-state index in [1.807, 2.05) is 12.1 Å². The first-order chi connectivity index (χ1) is 16.6. The second-order valence-electron chi connectivity index (χ2n) is 9.28. The van der Waals surface area contributed by atoms with E-state index >= 15 is 0 Å². The van der Waals surface area contributed by atoms with Gasteiger partial charge in [0.1, 0.15) is 5.82 Å². The Balaban J connectivity index is 1.46. The number of ether oxygens (including phenoxy) is 1. The fourth-order valence-corrected chi connectivity index (χ4v) is 5.05. The molecular formula is C25H31F2N5O2. The van der Waals surface area contributed by atoms with E-state index in [9.17, 15) is 13.9 Å². The third-order valence-corrected chi connectivity index (χ3v) is 6.92. The Kier molecular flexibility index (Phi) is 7.01. The highest BCUT2D eigenvalue weighted by molar-refractivity contribution is 5.78. The highest BCUT2D eigenvalue weighted by Crippen LogP contribution is 2.30. The number of morpholine rings is 1. The Morgan fingerprint density at radius 1 is 1.03 bits per heavy atom. The molecule has 0 bridgehead atoms. The summed E-state index contributed by atoms with van der Waals surface area (Å²) in [6.07, 6.45) is 3.82. The largest absolute Gasteiger partial charge is 0.393 e. The summed E-state index contributed by atoms with van der Waals surface area (Å²) in [5, 5.41) is 9.75. The van der Waals surface area contributed by atoms with E-state index in [0.717, 1.165) is 50.6 Å². The van der Waals surface area contributed by atoms with Gasteiger partial charge in [0.2, 0.25) is 5.95 Å². The van der Waals surface area contributed by atoms with Gasteiger partial charge in [-0.25, -0.2) is 18.7 Å². The van der Waals surface area contributed by atoms with Crippen LogP contribution < -0.4 is 4.90 Å². The molecule has 0 spiro atoms. The average molecular weight is 472 g/mol. The normalized spacial score (nSPS) is 21.5. The van der Waals surface area contributed by atoms with Crippen LogP contribution in [0, 0.1) is 5.92 Å². The lowest BCUT2D eigenvalue weighted by molar-refractivity contribution is 0.106. The number of aryl methyl sites for hydroxylation is 1. The highest BCUT2D eigenvalue weighted by Gasteiger charge is 2.24. The number of hydrogen-bond acceptors (Lipinski definition) is 6. The summed E-state index contributed by atoms with van der Waals surface area (Å²) in [5.41, 5.74) is 1.97. The lowest BCUT2D eigenvalue weighted by Gasteiger charge is -2.27. The fourth-order valence-electron chi connectivity index (χ4n) is 5.05. The monoisotopic (exact) mass is 471 g/mol. The van der Waals surface area contributed by atoms with Gasteiger partial charge in [-0.1, -0.05) is 18.6 Å². The van der Waals surface area contributed by atoms with Gasteiger partial charge in [0.15, 0.2) is 5.82 Å². The van der Waals surface area contributed by atoms with Gasteiger partial charge in [0.25, 0.3) is 6.43 Å². The number of hydrogen-bond donors (Lipinski definition) is 1. The molecule has 5 rings (SSSR count). The van der Waals surface area contributed by atoms with E-state index in [2.05, 4.69) is 9.88 Å². The first-order valence-electron chi connectivity index (χ1n) is 12.2. The molecule has 182 valence electrons. The number of alkyl halides is 2. The lowest BCUT2D eigenvalue weighted by atomic mass is 9.84. The topological polar surface area (TPSA) is 76.3 Å². The van der Waals surface area contributed by atoms with Crippen molar-refractivity contribution in [1.29, 1.82) is 0 Å². The number of aromatic nitrogens is 4. The summed E-state index contributed by atoms with van der Waals surface area (Å²) in [6.45, 7) is 2.51. The molecule has 1 N–H and O–H groups in total. The molecule has 2 aromatic heterocycles. The van der Waals surface area contributed by atoms with Crippen LogP contribution in [0.5, 0.6) is 0 Å². The average Bonchev–Trinajstić information content (AvgIpc) is 3.26. The summed E-state index contributed by atoms with van der Waals surface area (Å²) in [7, 11) is 0. The van der Waals surface area contributed by atoms with E-state index in [-0.39, 0.29) is 11.9 Å². The summed E-state index contributed by atoms with van der Waals surface area (Å²) < 4.78 is 34.9. The van der Waals surface area contributed by atoms with E-state index in [0.29, 0.717) is 55.0 Å². The molecule has 1 aliphatic carbocycles. The SMILES string of the molecule is O[C@H]1CC[C@H](CCCc2cc(-n3c(C(F)F)nc4ccccc43)nc(N3CCOCC3)n2)CC1. The predicted octanol–water partition coefficient (Wildman–Crippen LogP) is 4.46. The van der Waals surface area contributed by atoms with Crippen molar-refractivity contribution >= 4 is 17.0 Å². The van der Waals surface area contributed by atoms with Crippen molar-refractivity contribution in [2.45, 2.75) is 57.5 Å². The smallest absolute Gasteiger partial charge is 0.296 e. The number of aliphatic hydroxyl groups is 1. The van der Waals surface area contributed by atoms with Crippen LogP contribution in [0.3, 0.4) is 0 Å². The molecule has 3 heterocycles. The standard InChI is InChI=1S/C25H31F2N5O2/c26-23(27)24-29-20-6-1-2-7-21(20)32(24)22-16-18(5-3-4-17-8-10-19(33)11-9-17)28-25(30-22)31-12-14-34-15-13-31/h1-2,6-7,16-17,19,23,33H,3-5,8-15H2/t17-,19-. The number of fused-ring (bicyclic) bond motifs is 1. The van der Waals surface area contributed by atoms with Crippen LogP contribution in [0.4, 0.5) is 14.7 Å². The number of nitrogens with zero attached hydrogens (tertiary/aromatic N) is 5. The van der Waals surface area contributed by atoms with Crippen molar-refractivity contribution in [2.75, 3.05) is 31.2 Å². The first kappa shape index (κ1) is 23.1. The molecule has 7 nitrogen and oxygen atoms in total. The molecule has 1 saturated carbocycles. The molecule has 0 atom stereocenters. The second kappa shape index (κ2) is 10.3. The molecule has 3 aromatic rings. The van der Waals surface area contributed by atoms with Crippen LogP contribution >= 0.6 is 0 Å². The van der Waals surface area contributed by atoms with Gasteiger partial charge >= 0.3 is 0 Å². The summed E-state index contributed by atoms with van der Waals surface area (Å²) in [5.74, 6) is 1.30. The van der Waals surface area contributed by atoms with E-state index in [1.165, 1.54) is 4.57 Å². The van der Waals surface area contributed by atoms with Crippen molar-refractivity contribution in [3.05, 3.63) is 41.9 Å². The quantitative estimate of drug-likeness (QED) is 0.548. The van der Waals surface area contributed by atoms with E-state index in [4.69, 9.17) is 14.7 Å². The molecule has 1 aromatic carbocycles. The van der Waals surface area contributed by atoms with Crippen LogP contribution in [0.15, 0.2) is 30.3 Å². The molecular weight excluding hydrogens is 440 g/mol. The van der Waals surface area contributed by atoms with Crippen molar-refractivity contribution in [3.63, 3.8) is 0 Å². The van der Waals surface area contributed by atoms with Crippen LogP contribution in [0.1, 0.15) is 56.5 Å². The zero-order valence-corrected chi connectivity index (χ0v) is 19.2. The minimum Gasteiger partial charge on any atom is -0.393 e. The Labute approximate surface area is 197 Å². The number of para-hydroxylation sites is 2. The number of benzene rings is 1. The van der Waals surface area contributed by atoms with Gasteiger partial charge in [-0.2, -0.15) is 4.98 Å². The van der Waals surface area contributed by atoms with Crippen molar-refractivity contribution in [1.82, 2.24) is 19.5 Å². The summed E-state index contributed by atoms with van der Waals surface area (Å²) in [6, 6.07) is 8.98. The van der Waals surface area contributed by atoms with Crippen molar-refractivity contribution in [2.24, 2.45) is 5.92 Å². The number of halogens is 2. The molecule has 2 fully saturated rings. The van der Waals surface area contributed by atoms with Crippen LogP contribution in [-0.2, 0) is 11.2 Å². The zero-order valence-electron chi connectivity index (χ0n) is 19.2. The third kappa shape index (κ3) is 5.05. The highest BCUT2D eigenvalue weighted by atomic mass is 19.3. The predicted molar refractivity (Wildman–Crippen MR) is 126 cm³/mol. The molecule has 9 heteroatoms. The van der Waals surface area contributed by atoms with Gasteiger partial charge in [0.05, 0.1) is 30.4 Å². The molecule has 0 unspecified atom stereocenters. The van der Waals surface area contributed by atoms with Crippen LogP contribution in [-0.4, -0.2) is 57.0 Å². The number of anilines is 1. The molecule has 0 radical (unpaired) electrons. The molecule has 0 amide bonds. The Morgan fingerprint density at radius 2 is 1.79 bits per heavy atom. The Hall–Kier alpha value is -2.65. The van der Waals surface area contributed by atoms with Gasteiger partial charge in [-0.05, 0) is 56.6 Å². The molecule has 1 saturated heterocycles. The minimum absolute atomic E-state index is 0.147. The maximum absolute atomic E-state index is 14.0. The molecule has 2 aliphatic rings. The number of rotatable bonds is 7. The first-order valence-corrected chi connectivity index (χ1v) is 12.2. The van der Waals surface area contributed by atoms with Gasteiger partial charge < -0.3 is 14.7 Å². The molecule has 34 heavy (non-hydrogen) atoms. The maximum atomic E-state index is 14.0. The number of aliphatic hydroxyl groups excluding tert-OH is 1. The van der Waals surface area contributed by atoms with Crippen molar-refractivity contribution in [3.8, 4) is 5.82 Å². The minimum atomic E-state index is -2.72. The van der Waals surface area contributed by atoms with E-state index < -0.39 is 6.43 Å². The second-order valence-corrected chi connectivity index (χ2v) is 9.28. The number of imidazole rings is 1. The third-order valence-electron chi connectivity index (χ3n) is 6.92. The zero-order chi connectivity index (χ0) is 23.5. The van der Waals surface area contributed by atoms with Crippen LogP contribution in [0.25, 0.3) is 16.9 Å². The summed E-state index contributed by atoms with van der Waals surface area (Å²) in [4.78, 5) is 15.8. The van der Waals surface area contributed by atoms with E-state index in [1.54, 1.807) is 18.2 Å². The fraction of sp³-hybridized carbons (Fsp3) is 0.560. The van der Waals surface area contributed by atoms with Crippen molar-refractivity contribution < 1.29 is 18.6 Å². The molecule has 1 aliphatic heterocycles. The summed E-state index contributed by atoms with van der Waals surface area (Å²) >= 11 is 0. The van der Waals surface area contributed by atoms with Gasteiger partial charge in [-0.15, -0.1) is 0 Å².